The smallest absolute Gasteiger partial charge is 0.0603 e. The summed E-state index contributed by atoms with van der Waals surface area (Å²) in [6, 6.07) is 0. The van der Waals surface area contributed by atoms with Gasteiger partial charge in [0.2, 0.25) is 0 Å². The van der Waals surface area contributed by atoms with Gasteiger partial charge in [-0.05, 0) is 52.6 Å². The van der Waals surface area contributed by atoms with Crippen LogP contribution in [0.1, 0.15) is 99.3 Å². The summed E-state index contributed by atoms with van der Waals surface area (Å²) in [4.78, 5) is 4.75. The summed E-state index contributed by atoms with van der Waals surface area (Å²) in [6.45, 7) is 16.8. The maximum absolute atomic E-state index is 6.15. The van der Waals surface area contributed by atoms with E-state index in [9.17, 15) is 0 Å². The number of methoxy groups -OCH3 is 1. The van der Waals surface area contributed by atoms with Gasteiger partial charge in [-0.25, -0.2) is 0 Å². The van der Waals surface area contributed by atoms with E-state index in [1.165, 1.54) is 84.0 Å². The number of ether oxygens (including phenoxy) is 2. The molecular formula is C25H56N2O2. The molecule has 2 aliphatic heterocycles. The average molecular weight is 417 g/mol. The lowest BCUT2D eigenvalue weighted by Crippen LogP contribution is -2.36. The van der Waals surface area contributed by atoms with Gasteiger partial charge in [0, 0.05) is 33.3 Å². The number of likely N-dealkylation sites (tertiary alicyclic amines) is 2. The summed E-state index contributed by atoms with van der Waals surface area (Å²) in [5.41, 5.74) is 0. The van der Waals surface area contributed by atoms with E-state index in [0.717, 1.165) is 0 Å². The third-order valence-corrected chi connectivity index (χ3v) is 5.60. The van der Waals surface area contributed by atoms with Crippen molar-refractivity contribution in [1.29, 1.82) is 0 Å². The molecule has 0 aromatic carbocycles. The van der Waals surface area contributed by atoms with Crippen LogP contribution in [0.25, 0.3) is 0 Å². The number of hydrogen-bond donors (Lipinski definition) is 0. The van der Waals surface area contributed by atoms with Crippen LogP contribution in [0.3, 0.4) is 0 Å². The molecule has 4 heteroatoms. The van der Waals surface area contributed by atoms with Crippen molar-refractivity contribution in [3.63, 3.8) is 0 Å². The fourth-order valence-electron chi connectivity index (χ4n) is 3.81. The molecule has 0 atom stereocenters. The fourth-order valence-corrected chi connectivity index (χ4v) is 3.81. The van der Waals surface area contributed by atoms with E-state index < -0.39 is 0 Å². The van der Waals surface area contributed by atoms with Gasteiger partial charge in [-0.3, -0.25) is 0 Å². The second-order valence-corrected chi connectivity index (χ2v) is 7.64. The van der Waals surface area contributed by atoms with Crippen molar-refractivity contribution in [2.75, 3.05) is 47.4 Å². The second kappa shape index (κ2) is 22.5. The molecular weight excluding hydrogens is 360 g/mol. The SMILES string of the molecule is CC.CC.CC.CN1CCC(OC2CCCCC2)CC1.COC1CCN(C)CC1. The summed E-state index contributed by atoms with van der Waals surface area (Å²) in [5, 5.41) is 0. The highest BCUT2D eigenvalue weighted by molar-refractivity contribution is 4.73. The predicted molar refractivity (Wildman–Crippen MR) is 130 cm³/mol. The number of nitrogens with zero attached hydrogens (tertiary/aromatic N) is 2. The van der Waals surface area contributed by atoms with Crippen molar-refractivity contribution in [2.24, 2.45) is 0 Å². The van der Waals surface area contributed by atoms with Gasteiger partial charge in [0.25, 0.3) is 0 Å². The first-order chi connectivity index (χ1) is 14.2. The van der Waals surface area contributed by atoms with Crippen LogP contribution in [-0.4, -0.2) is 75.5 Å². The van der Waals surface area contributed by atoms with Crippen LogP contribution >= 0.6 is 0 Å². The molecule has 0 unspecified atom stereocenters. The van der Waals surface area contributed by atoms with Crippen LogP contribution < -0.4 is 0 Å². The van der Waals surface area contributed by atoms with Gasteiger partial charge in [-0.15, -0.1) is 0 Å². The highest BCUT2D eigenvalue weighted by atomic mass is 16.5. The van der Waals surface area contributed by atoms with Gasteiger partial charge >= 0.3 is 0 Å². The van der Waals surface area contributed by atoms with Crippen molar-refractivity contribution in [3.8, 4) is 0 Å². The number of hydrogen-bond acceptors (Lipinski definition) is 4. The van der Waals surface area contributed by atoms with Gasteiger partial charge in [-0.1, -0.05) is 60.8 Å². The molecule has 0 amide bonds. The highest BCUT2D eigenvalue weighted by Gasteiger charge is 2.22. The van der Waals surface area contributed by atoms with E-state index in [4.69, 9.17) is 9.47 Å². The fraction of sp³-hybridized carbons (Fsp3) is 1.00. The highest BCUT2D eigenvalue weighted by Crippen LogP contribution is 2.24. The lowest BCUT2D eigenvalue weighted by molar-refractivity contribution is -0.0532. The minimum absolute atomic E-state index is 0.529. The Morgan fingerprint density at radius 2 is 0.862 bits per heavy atom. The van der Waals surface area contributed by atoms with Crippen LogP contribution in [-0.2, 0) is 9.47 Å². The molecule has 0 aromatic rings. The van der Waals surface area contributed by atoms with Gasteiger partial charge < -0.3 is 19.3 Å². The van der Waals surface area contributed by atoms with E-state index >= 15 is 0 Å². The second-order valence-electron chi connectivity index (χ2n) is 7.64. The summed E-state index contributed by atoms with van der Waals surface area (Å²) in [6.07, 6.45) is 13.4. The van der Waals surface area contributed by atoms with Crippen LogP contribution in [0, 0.1) is 0 Å². The molecule has 1 aliphatic carbocycles. The molecule has 2 saturated heterocycles. The summed E-state index contributed by atoms with van der Waals surface area (Å²) in [7, 11) is 6.17. The summed E-state index contributed by atoms with van der Waals surface area (Å²) < 4.78 is 11.4. The first-order valence-electron chi connectivity index (χ1n) is 12.7. The molecule has 3 aliphatic rings. The Morgan fingerprint density at radius 1 is 0.517 bits per heavy atom. The third kappa shape index (κ3) is 16.2. The minimum Gasteiger partial charge on any atom is -0.381 e. The van der Waals surface area contributed by atoms with Gasteiger partial charge in [0.15, 0.2) is 0 Å². The summed E-state index contributed by atoms with van der Waals surface area (Å²) in [5.74, 6) is 0. The van der Waals surface area contributed by atoms with Gasteiger partial charge in [0.05, 0.1) is 18.3 Å². The Bertz CT molecular complexity index is 293. The minimum atomic E-state index is 0.529. The van der Waals surface area contributed by atoms with Crippen molar-refractivity contribution in [2.45, 2.75) is 118 Å². The molecule has 0 bridgehead atoms. The van der Waals surface area contributed by atoms with E-state index in [0.29, 0.717) is 18.3 Å². The zero-order valence-electron chi connectivity index (χ0n) is 21.6. The Kier molecular flexibility index (Phi) is 24.1. The first-order valence-corrected chi connectivity index (χ1v) is 12.7. The lowest BCUT2D eigenvalue weighted by Gasteiger charge is -2.33. The zero-order chi connectivity index (χ0) is 22.5. The zero-order valence-corrected chi connectivity index (χ0v) is 21.6. The molecule has 0 radical (unpaired) electrons. The van der Waals surface area contributed by atoms with Crippen LogP contribution in [0.5, 0.6) is 0 Å². The van der Waals surface area contributed by atoms with Crippen molar-refractivity contribution in [1.82, 2.24) is 9.80 Å². The molecule has 4 nitrogen and oxygen atoms in total. The van der Waals surface area contributed by atoms with E-state index in [-0.39, 0.29) is 0 Å². The van der Waals surface area contributed by atoms with E-state index in [1.807, 2.05) is 41.5 Å². The van der Waals surface area contributed by atoms with Crippen LogP contribution in [0.2, 0.25) is 0 Å². The lowest BCUT2D eigenvalue weighted by atomic mass is 9.97. The first kappa shape index (κ1) is 31.0. The van der Waals surface area contributed by atoms with Crippen LogP contribution in [0.4, 0.5) is 0 Å². The van der Waals surface area contributed by atoms with Crippen molar-refractivity contribution < 1.29 is 9.47 Å². The normalized spacial score (nSPS) is 21.8. The maximum Gasteiger partial charge on any atom is 0.0603 e. The van der Waals surface area contributed by atoms with Gasteiger partial charge in [0.1, 0.15) is 0 Å². The Hall–Kier alpha value is -0.160. The summed E-state index contributed by atoms with van der Waals surface area (Å²) >= 11 is 0. The maximum atomic E-state index is 6.15. The standard InChI is InChI=1S/C12H23NO.C7H15NO.3C2H6/c1-13-9-7-12(8-10-13)14-11-5-3-2-4-6-11;1-8-5-3-7(9-2)4-6-8;3*1-2/h11-12H,2-10H2,1H3;7H,3-6H2,1-2H3;3*1-2H3. The average Bonchev–Trinajstić information content (AvgIpc) is 2.81. The third-order valence-electron chi connectivity index (χ3n) is 5.60. The number of piperidine rings is 2. The quantitative estimate of drug-likeness (QED) is 0.544. The predicted octanol–water partition coefficient (Wildman–Crippen LogP) is 6.24. The molecule has 3 fully saturated rings. The monoisotopic (exact) mass is 416 g/mol. The molecule has 2 heterocycles. The topological polar surface area (TPSA) is 24.9 Å². The van der Waals surface area contributed by atoms with Gasteiger partial charge in [-0.2, -0.15) is 0 Å². The molecule has 0 spiro atoms. The van der Waals surface area contributed by atoms with Crippen LogP contribution in [0.15, 0.2) is 0 Å². The van der Waals surface area contributed by atoms with E-state index in [1.54, 1.807) is 7.11 Å². The molecule has 29 heavy (non-hydrogen) atoms. The van der Waals surface area contributed by atoms with Crippen molar-refractivity contribution >= 4 is 0 Å². The molecule has 0 aromatic heterocycles. The Balaban J connectivity index is 0. The Morgan fingerprint density at radius 3 is 1.24 bits per heavy atom. The largest absolute Gasteiger partial charge is 0.381 e. The molecule has 0 N–H and O–H groups in total. The molecule has 3 rings (SSSR count). The Labute approximate surface area is 184 Å². The van der Waals surface area contributed by atoms with E-state index in [2.05, 4.69) is 23.9 Å². The number of rotatable bonds is 3. The van der Waals surface area contributed by atoms with Crippen molar-refractivity contribution in [3.05, 3.63) is 0 Å². The molecule has 1 saturated carbocycles. The molecule has 178 valence electrons.